The number of benzene rings is 2. The third-order valence-corrected chi connectivity index (χ3v) is 6.51. The third kappa shape index (κ3) is 11.2. The van der Waals surface area contributed by atoms with E-state index in [0.717, 1.165) is 46.7 Å². The van der Waals surface area contributed by atoms with Crippen molar-refractivity contribution in [3.05, 3.63) is 53.7 Å². The number of fused-ring (bicyclic) bond motifs is 1. The highest BCUT2D eigenvalue weighted by Crippen LogP contribution is 2.26. The quantitative estimate of drug-likeness (QED) is 0.234. The molecule has 1 aliphatic rings. The summed E-state index contributed by atoms with van der Waals surface area (Å²) in [5.41, 5.74) is 10.2. The molecule has 0 saturated carbocycles. The Kier molecular flexibility index (Phi) is 16.2. The number of hydrogen-bond acceptors (Lipinski definition) is 6. The van der Waals surface area contributed by atoms with Crippen molar-refractivity contribution >= 4 is 22.3 Å². The number of nitrogens with one attached hydrogen (secondary N) is 1. The Morgan fingerprint density at radius 1 is 0.951 bits per heavy atom. The topological polar surface area (TPSA) is 73.9 Å². The maximum Gasteiger partial charge on any atom is 0.229 e. The Morgan fingerprint density at radius 2 is 1.71 bits per heavy atom. The van der Waals surface area contributed by atoms with Crippen LogP contribution in [0.5, 0.6) is 5.75 Å². The molecule has 0 amide bonds. The first-order valence-corrected chi connectivity index (χ1v) is 13.7. The lowest BCUT2D eigenvalue weighted by Gasteiger charge is -2.25. The van der Waals surface area contributed by atoms with E-state index in [1.165, 1.54) is 32.4 Å². The van der Waals surface area contributed by atoms with Crippen LogP contribution in [0.2, 0.25) is 0 Å². The lowest BCUT2D eigenvalue weighted by atomic mass is 10.1. The minimum Gasteiger partial charge on any atom is -0.495 e. The second kappa shape index (κ2) is 19.6. The molecule has 226 valence electrons. The summed E-state index contributed by atoms with van der Waals surface area (Å²) < 4.78 is 49.7. The summed E-state index contributed by atoms with van der Waals surface area (Å²) in [5.74, 6) is 6.95. The van der Waals surface area contributed by atoms with Gasteiger partial charge in [0.25, 0.3) is 0 Å². The van der Waals surface area contributed by atoms with Gasteiger partial charge in [0.1, 0.15) is 12.4 Å². The van der Waals surface area contributed by atoms with Gasteiger partial charge in [0, 0.05) is 31.8 Å². The third-order valence-electron chi connectivity index (χ3n) is 6.51. The highest BCUT2D eigenvalue weighted by atomic mass is 19.3. The standard InChI is InChI=1S/C22H24FN3O2.C8H17NO.CH2F2/c1-27-15-16-8-9-20(22(13-16)28-2)25-11-4-5-17-14-18-19(24)6-3-7-21(18)26(17)12-10-23;1-10-8-7-9-5-3-2-4-6-9;2-1-3/h3,6-9,13-14,25H,10-12,15,24H2,1-2H3;2-8H2,1H3;1H2. The van der Waals surface area contributed by atoms with E-state index < -0.39 is 13.6 Å². The Bertz CT molecular complexity index is 1220. The largest absolute Gasteiger partial charge is 0.495 e. The number of aromatic nitrogens is 1. The van der Waals surface area contributed by atoms with Crippen LogP contribution in [-0.4, -0.2) is 77.2 Å². The van der Waals surface area contributed by atoms with Crippen LogP contribution >= 0.6 is 0 Å². The number of anilines is 2. The van der Waals surface area contributed by atoms with Gasteiger partial charge < -0.3 is 34.7 Å². The Morgan fingerprint density at radius 3 is 2.37 bits per heavy atom. The van der Waals surface area contributed by atoms with Gasteiger partial charge in [-0.25, -0.2) is 13.2 Å². The van der Waals surface area contributed by atoms with E-state index >= 15 is 0 Å². The summed E-state index contributed by atoms with van der Waals surface area (Å²) in [6.07, 6.45) is 4.18. The molecule has 0 spiro atoms. The molecule has 1 fully saturated rings. The summed E-state index contributed by atoms with van der Waals surface area (Å²) >= 11 is 0. The van der Waals surface area contributed by atoms with Crippen molar-refractivity contribution in [1.82, 2.24) is 9.47 Å². The molecule has 41 heavy (non-hydrogen) atoms. The highest BCUT2D eigenvalue weighted by molar-refractivity contribution is 5.92. The fraction of sp³-hybridized carbons (Fsp3) is 0.484. The molecule has 4 rings (SSSR count). The van der Waals surface area contributed by atoms with Crippen molar-refractivity contribution in [2.24, 2.45) is 0 Å². The lowest BCUT2D eigenvalue weighted by molar-refractivity contribution is 0.135. The summed E-state index contributed by atoms with van der Waals surface area (Å²) in [6, 6.07) is 13.4. The number of likely N-dealkylation sites (tertiary alicyclic amines) is 1. The zero-order valence-corrected chi connectivity index (χ0v) is 24.4. The molecular formula is C31H43F3N4O3. The van der Waals surface area contributed by atoms with Crippen LogP contribution in [0, 0.1) is 11.8 Å². The van der Waals surface area contributed by atoms with E-state index in [0.29, 0.717) is 18.8 Å². The van der Waals surface area contributed by atoms with Crippen LogP contribution in [0.3, 0.4) is 0 Å². The van der Waals surface area contributed by atoms with E-state index in [2.05, 4.69) is 22.1 Å². The fourth-order valence-electron chi connectivity index (χ4n) is 4.55. The van der Waals surface area contributed by atoms with Gasteiger partial charge in [0.15, 0.2) is 0 Å². The molecule has 1 saturated heterocycles. The predicted molar refractivity (Wildman–Crippen MR) is 161 cm³/mol. The Labute approximate surface area is 241 Å². The van der Waals surface area contributed by atoms with Crippen LogP contribution < -0.4 is 15.8 Å². The highest BCUT2D eigenvalue weighted by Gasteiger charge is 2.10. The second-order valence-corrected chi connectivity index (χ2v) is 9.27. The van der Waals surface area contributed by atoms with Crippen LogP contribution in [0.4, 0.5) is 24.5 Å². The SMILES string of the molecule is COCCN1CCCCC1.COCc1ccc(NCC#Cc2cc3c(N)cccc3n2CCF)c(OC)c1.FCF. The molecule has 0 atom stereocenters. The number of nitrogens with zero attached hydrogens (tertiary/aromatic N) is 2. The maximum atomic E-state index is 13.0. The molecule has 0 bridgehead atoms. The number of alkyl halides is 3. The van der Waals surface area contributed by atoms with Gasteiger partial charge in [-0.3, -0.25) is 0 Å². The molecule has 10 heteroatoms. The number of methoxy groups -OCH3 is 3. The lowest BCUT2D eigenvalue weighted by Crippen LogP contribution is -2.32. The molecule has 2 heterocycles. The smallest absolute Gasteiger partial charge is 0.229 e. The van der Waals surface area contributed by atoms with Crippen LogP contribution in [0.25, 0.3) is 10.9 Å². The molecule has 3 N–H and O–H groups in total. The number of aryl methyl sites for hydroxylation is 1. The van der Waals surface area contributed by atoms with Crippen molar-refractivity contribution in [3.8, 4) is 17.6 Å². The average Bonchev–Trinajstić information content (AvgIpc) is 3.34. The minimum absolute atomic E-state index is 0.249. The monoisotopic (exact) mass is 576 g/mol. The second-order valence-electron chi connectivity index (χ2n) is 9.27. The van der Waals surface area contributed by atoms with Gasteiger partial charge in [0.05, 0.1) is 50.3 Å². The van der Waals surface area contributed by atoms with Gasteiger partial charge >= 0.3 is 0 Å². The molecular weight excluding hydrogens is 533 g/mol. The first-order valence-electron chi connectivity index (χ1n) is 13.7. The average molecular weight is 577 g/mol. The van der Waals surface area contributed by atoms with Gasteiger partial charge in [-0.05, 0) is 67.7 Å². The Hall–Kier alpha value is -3.39. The molecule has 0 aliphatic carbocycles. The maximum absolute atomic E-state index is 13.0. The molecule has 3 aromatic rings. The molecule has 1 aromatic heterocycles. The van der Waals surface area contributed by atoms with E-state index in [1.807, 2.05) is 47.0 Å². The van der Waals surface area contributed by atoms with E-state index in [1.54, 1.807) is 21.3 Å². The number of rotatable bonds is 10. The van der Waals surface area contributed by atoms with Gasteiger partial charge in [-0.2, -0.15) is 0 Å². The number of ether oxygens (including phenoxy) is 3. The number of halogens is 3. The fourth-order valence-corrected chi connectivity index (χ4v) is 4.55. The van der Waals surface area contributed by atoms with E-state index in [9.17, 15) is 13.2 Å². The number of piperidine rings is 1. The number of hydrogen-bond donors (Lipinski definition) is 2. The predicted octanol–water partition coefficient (Wildman–Crippen LogP) is 5.81. The molecule has 2 aromatic carbocycles. The minimum atomic E-state index is -1.75. The Balaban J connectivity index is 0.000000376. The van der Waals surface area contributed by atoms with Crippen LogP contribution in [0.1, 0.15) is 30.5 Å². The van der Waals surface area contributed by atoms with Crippen molar-refractivity contribution in [3.63, 3.8) is 0 Å². The number of nitrogens with two attached hydrogens (primary N) is 1. The van der Waals surface area contributed by atoms with Gasteiger partial charge in [-0.15, -0.1) is 0 Å². The van der Waals surface area contributed by atoms with Gasteiger partial charge in [-0.1, -0.05) is 24.5 Å². The van der Waals surface area contributed by atoms with Crippen molar-refractivity contribution in [1.29, 1.82) is 0 Å². The summed E-state index contributed by atoms with van der Waals surface area (Å²) in [5, 5.41) is 4.15. The molecule has 7 nitrogen and oxygen atoms in total. The van der Waals surface area contributed by atoms with Crippen LogP contribution in [-0.2, 0) is 22.6 Å². The molecule has 1 aliphatic heterocycles. The zero-order valence-electron chi connectivity index (χ0n) is 24.4. The summed E-state index contributed by atoms with van der Waals surface area (Å²) in [6.45, 7) is 3.56. The van der Waals surface area contributed by atoms with Crippen molar-refractivity contribution < 1.29 is 27.4 Å². The normalized spacial score (nSPS) is 12.8. The van der Waals surface area contributed by atoms with E-state index in [-0.39, 0.29) is 6.54 Å². The zero-order chi connectivity index (χ0) is 29.9. The van der Waals surface area contributed by atoms with E-state index in [4.69, 9.17) is 19.9 Å². The summed E-state index contributed by atoms with van der Waals surface area (Å²) in [7, 11) is 5.05. The van der Waals surface area contributed by atoms with Crippen molar-refractivity contribution in [2.75, 3.05) is 78.8 Å². The number of nitrogen functional groups attached to an aromatic ring is 1. The first-order chi connectivity index (χ1) is 20.0. The molecule has 0 radical (unpaired) electrons. The van der Waals surface area contributed by atoms with Crippen LogP contribution in [0.15, 0.2) is 42.5 Å². The summed E-state index contributed by atoms with van der Waals surface area (Å²) in [4.78, 5) is 2.48. The molecule has 0 unspecified atom stereocenters. The first kappa shape index (κ1) is 33.8. The van der Waals surface area contributed by atoms with Crippen molar-refractivity contribution in [2.45, 2.75) is 32.4 Å². The van der Waals surface area contributed by atoms with Gasteiger partial charge in [0.2, 0.25) is 6.93 Å².